The predicted molar refractivity (Wildman–Crippen MR) is 41.6 cm³/mol. The van der Waals surface area contributed by atoms with Crippen molar-refractivity contribution in [1.82, 2.24) is 0 Å². The first-order chi connectivity index (χ1) is 7.31. The van der Waals surface area contributed by atoms with E-state index in [-0.39, 0.29) is 0 Å². The van der Waals surface area contributed by atoms with Crippen LogP contribution in [0, 0.1) is 5.92 Å². The fourth-order valence-corrected chi connectivity index (χ4v) is 0.672. The van der Waals surface area contributed by atoms with E-state index in [1.54, 1.807) is 0 Å². The Balaban J connectivity index is 4.58. The van der Waals surface area contributed by atoms with Gasteiger partial charge in [-0.05, 0) is 0 Å². The first kappa shape index (κ1) is 16.4. The maximum absolute atomic E-state index is 12.7. The van der Waals surface area contributed by atoms with Crippen LogP contribution in [-0.4, -0.2) is 31.0 Å². The van der Waals surface area contributed by atoms with Crippen molar-refractivity contribution in [2.24, 2.45) is 5.92 Å². The molecule has 0 aromatic carbocycles. The average molecular weight is 274 g/mol. The van der Waals surface area contributed by atoms with E-state index in [1.165, 1.54) is 0 Å². The van der Waals surface area contributed by atoms with E-state index < -0.39 is 36.9 Å². The van der Waals surface area contributed by atoms with E-state index >= 15 is 0 Å². The second-order valence-electron chi connectivity index (χ2n) is 3.67. The average Bonchev–Trinajstić information content (AvgIpc) is 2.12. The molecule has 0 rings (SSSR count). The van der Waals surface area contributed by atoms with Gasteiger partial charge in [0.05, 0.1) is 0 Å². The Hall–Kier alpha value is -0.600. The summed E-state index contributed by atoms with van der Waals surface area (Å²) in [6, 6.07) is 0. The molecular weight excluding hydrogens is 264 g/mol. The SMILES string of the molecule is CC(C)C(F)(F)OCC(F)(F)C(F)C(F)(F)F. The predicted octanol–water partition coefficient (Wildman–Crippen LogP) is 3.79. The minimum atomic E-state index is -5.83. The number of hydrogen-bond donors (Lipinski definition) is 0. The van der Waals surface area contributed by atoms with E-state index in [1.807, 2.05) is 0 Å². The van der Waals surface area contributed by atoms with Crippen LogP contribution >= 0.6 is 0 Å². The van der Waals surface area contributed by atoms with Gasteiger partial charge in [-0.1, -0.05) is 13.8 Å². The van der Waals surface area contributed by atoms with Gasteiger partial charge in [-0.2, -0.15) is 22.0 Å². The van der Waals surface area contributed by atoms with Crippen LogP contribution in [-0.2, 0) is 4.74 Å². The molecule has 0 amide bonds. The van der Waals surface area contributed by atoms with Crippen LogP contribution in [0.4, 0.5) is 35.1 Å². The fraction of sp³-hybridized carbons (Fsp3) is 1.00. The monoisotopic (exact) mass is 274 g/mol. The Labute approximate surface area is 91.7 Å². The number of ether oxygens (including phenoxy) is 1. The van der Waals surface area contributed by atoms with Gasteiger partial charge in [0.25, 0.3) is 6.17 Å². The van der Waals surface area contributed by atoms with E-state index in [0.717, 1.165) is 13.8 Å². The van der Waals surface area contributed by atoms with Crippen molar-refractivity contribution in [2.75, 3.05) is 6.61 Å². The summed E-state index contributed by atoms with van der Waals surface area (Å²) in [4.78, 5) is 0. The third-order valence-electron chi connectivity index (χ3n) is 1.79. The van der Waals surface area contributed by atoms with E-state index in [0.29, 0.717) is 0 Å². The molecule has 104 valence electrons. The molecule has 0 saturated carbocycles. The summed E-state index contributed by atoms with van der Waals surface area (Å²) >= 11 is 0. The molecule has 1 unspecified atom stereocenters. The van der Waals surface area contributed by atoms with Crippen molar-refractivity contribution in [1.29, 1.82) is 0 Å². The fourth-order valence-electron chi connectivity index (χ4n) is 0.672. The Bertz CT molecular complexity index is 246. The molecule has 0 saturated heterocycles. The van der Waals surface area contributed by atoms with Crippen LogP contribution in [0.2, 0.25) is 0 Å². The molecule has 0 aliphatic carbocycles. The Morgan fingerprint density at radius 2 is 1.35 bits per heavy atom. The van der Waals surface area contributed by atoms with Crippen molar-refractivity contribution in [3.8, 4) is 0 Å². The molecule has 0 fully saturated rings. The van der Waals surface area contributed by atoms with Crippen molar-refractivity contribution < 1.29 is 39.9 Å². The molecule has 0 N–H and O–H groups in total. The first-order valence-electron chi connectivity index (χ1n) is 4.41. The Morgan fingerprint density at radius 1 is 0.941 bits per heavy atom. The molecule has 17 heavy (non-hydrogen) atoms. The van der Waals surface area contributed by atoms with Gasteiger partial charge in [0.1, 0.15) is 6.61 Å². The summed E-state index contributed by atoms with van der Waals surface area (Å²) in [5.41, 5.74) is 0. The van der Waals surface area contributed by atoms with Gasteiger partial charge in [-0.15, -0.1) is 0 Å². The lowest BCUT2D eigenvalue weighted by Crippen LogP contribution is -2.46. The lowest BCUT2D eigenvalue weighted by Gasteiger charge is -2.26. The third-order valence-corrected chi connectivity index (χ3v) is 1.79. The quantitative estimate of drug-likeness (QED) is 0.693. The molecule has 0 bridgehead atoms. The maximum atomic E-state index is 12.7. The summed E-state index contributed by atoms with van der Waals surface area (Å²) in [7, 11) is 0. The highest BCUT2D eigenvalue weighted by Crippen LogP contribution is 2.37. The molecular formula is C8H10F8O. The zero-order chi connectivity index (χ0) is 14.1. The van der Waals surface area contributed by atoms with Crippen LogP contribution in [0.15, 0.2) is 0 Å². The molecule has 0 aliphatic heterocycles. The highest BCUT2D eigenvalue weighted by atomic mass is 19.4. The van der Waals surface area contributed by atoms with Gasteiger partial charge in [0.2, 0.25) is 0 Å². The van der Waals surface area contributed by atoms with Crippen LogP contribution < -0.4 is 0 Å². The second kappa shape index (κ2) is 4.95. The number of alkyl halides is 8. The largest absolute Gasteiger partial charge is 0.425 e. The second-order valence-corrected chi connectivity index (χ2v) is 3.67. The summed E-state index contributed by atoms with van der Waals surface area (Å²) in [6.45, 7) is -0.525. The number of rotatable bonds is 5. The molecule has 0 aliphatic rings. The van der Waals surface area contributed by atoms with Crippen LogP contribution in [0.1, 0.15) is 13.8 Å². The van der Waals surface area contributed by atoms with Crippen molar-refractivity contribution in [3.05, 3.63) is 0 Å². The molecule has 0 radical (unpaired) electrons. The van der Waals surface area contributed by atoms with E-state index in [4.69, 9.17) is 0 Å². The minimum absolute atomic E-state index is 0.912. The molecule has 0 spiro atoms. The maximum Gasteiger partial charge on any atom is 0.425 e. The Kier molecular flexibility index (Phi) is 4.77. The van der Waals surface area contributed by atoms with Crippen molar-refractivity contribution >= 4 is 0 Å². The summed E-state index contributed by atoms with van der Waals surface area (Å²) in [6.07, 6.45) is -14.4. The lowest BCUT2D eigenvalue weighted by molar-refractivity contribution is -0.313. The first-order valence-corrected chi connectivity index (χ1v) is 4.41. The highest BCUT2D eigenvalue weighted by molar-refractivity contribution is 4.83. The summed E-state index contributed by atoms with van der Waals surface area (Å²) in [5.74, 6) is -6.58. The van der Waals surface area contributed by atoms with Gasteiger partial charge in [0, 0.05) is 5.92 Å². The number of halogens is 8. The Morgan fingerprint density at radius 3 is 1.65 bits per heavy atom. The van der Waals surface area contributed by atoms with Gasteiger partial charge < -0.3 is 4.74 Å². The molecule has 0 aromatic heterocycles. The van der Waals surface area contributed by atoms with Crippen LogP contribution in [0.3, 0.4) is 0 Å². The van der Waals surface area contributed by atoms with Gasteiger partial charge in [0.15, 0.2) is 0 Å². The topological polar surface area (TPSA) is 9.23 Å². The number of hydrogen-bond acceptors (Lipinski definition) is 1. The van der Waals surface area contributed by atoms with Crippen LogP contribution in [0.5, 0.6) is 0 Å². The third kappa shape index (κ3) is 4.64. The molecule has 9 heteroatoms. The van der Waals surface area contributed by atoms with Gasteiger partial charge in [-0.3, -0.25) is 0 Å². The minimum Gasteiger partial charge on any atom is -0.314 e. The van der Waals surface area contributed by atoms with Crippen LogP contribution in [0.25, 0.3) is 0 Å². The van der Waals surface area contributed by atoms with Crippen molar-refractivity contribution in [2.45, 2.75) is 38.2 Å². The van der Waals surface area contributed by atoms with E-state index in [2.05, 4.69) is 4.74 Å². The summed E-state index contributed by atoms with van der Waals surface area (Å²) in [5, 5.41) is 0. The van der Waals surface area contributed by atoms with Gasteiger partial charge in [-0.25, -0.2) is 13.2 Å². The van der Waals surface area contributed by atoms with Gasteiger partial charge >= 0.3 is 18.2 Å². The zero-order valence-electron chi connectivity index (χ0n) is 8.79. The van der Waals surface area contributed by atoms with E-state index in [9.17, 15) is 35.1 Å². The standard InChI is InChI=1S/C8H10F8O/c1-4(2)8(15,16)17-3-6(10,11)5(9)7(12,13)14/h4-5H,3H2,1-2H3. The zero-order valence-corrected chi connectivity index (χ0v) is 8.79. The normalized spacial score (nSPS) is 16.4. The smallest absolute Gasteiger partial charge is 0.314 e. The summed E-state index contributed by atoms with van der Waals surface area (Å²) < 4.78 is 101. The lowest BCUT2D eigenvalue weighted by atomic mass is 10.2. The highest BCUT2D eigenvalue weighted by Gasteiger charge is 2.58. The molecule has 1 nitrogen and oxygen atoms in total. The molecule has 0 heterocycles. The molecule has 0 aromatic rings. The van der Waals surface area contributed by atoms with Crippen molar-refractivity contribution in [3.63, 3.8) is 0 Å². The molecule has 1 atom stereocenters.